The van der Waals surface area contributed by atoms with E-state index in [4.69, 9.17) is 17.0 Å². The summed E-state index contributed by atoms with van der Waals surface area (Å²) >= 11 is 6.72. The second-order valence-electron chi connectivity index (χ2n) is 5.23. The Balaban J connectivity index is 2.22. The van der Waals surface area contributed by atoms with Gasteiger partial charge in [-0.1, -0.05) is 13.0 Å². The number of carbonyl (C=O) groups excluding carboxylic acids is 1. The van der Waals surface area contributed by atoms with Gasteiger partial charge < -0.3 is 15.4 Å². The molecule has 0 aliphatic heterocycles. The summed E-state index contributed by atoms with van der Waals surface area (Å²) in [6, 6.07) is 4.79. The number of benzene rings is 1. The number of nitrogens with one attached hydrogen (secondary N) is 2. The first-order valence-corrected chi connectivity index (χ1v) is 8.64. The molecule has 2 rings (SSSR count). The normalized spacial score (nSPS) is 10.4. The Kier molecular flexibility index (Phi) is 5.90. The topological polar surface area (TPSA) is 50.4 Å². The van der Waals surface area contributed by atoms with Gasteiger partial charge in [0.15, 0.2) is 5.11 Å². The molecule has 1 heterocycles. The van der Waals surface area contributed by atoms with Gasteiger partial charge in [0.25, 0.3) is 0 Å². The average Bonchev–Trinajstić information content (AvgIpc) is 2.85. The summed E-state index contributed by atoms with van der Waals surface area (Å²) in [5.74, 6) is -0.707. The molecule has 0 saturated heterocycles. The maximum atomic E-state index is 13.6. The highest BCUT2D eigenvalue weighted by atomic mass is 32.1. The summed E-state index contributed by atoms with van der Waals surface area (Å²) in [5.41, 5.74) is 2.55. The Morgan fingerprint density at radius 2 is 2.04 bits per heavy atom. The van der Waals surface area contributed by atoms with Crippen LogP contribution in [0.25, 0.3) is 0 Å². The number of anilines is 2. The SMILES string of the molecule is CCc1c(C)sc(NC(=S)Nc2ccc(C)c(F)c2)c1C(=O)OC. The summed E-state index contributed by atoms with van der Waals surface area (Å²) in [7, 11) is 1.35. The Hall–Kier alpha value is -1.99. The third-order valence-corrected chi connectivity index (χ3v) is 4.88. The van der Waals surface area contributed by atoms with Crippen molar-refractivity contribution in [2.45, 2.75) is 27.2 Å². The van der Waals surface area contributed by atoms with Crippen molar-refractivity contribution >= 4 is 45.3 Å². The molecule has 0 spiro atoms. The number of halogens is 1. The van der Waals surface area contributed by atoms with Crippen LogP contribution in [0.4, 0.5) is 15.1 Å². The molecule has 0 aliphatic carbocycles. The molecule has 0 amide bonds. The van der Waals surface area contributed by atoms with Gasteiger partial charge in [-0.3, -0.25) is 0 Å². The van der Waals surface area contributed by atoms with Crippen LogP contribution in [0.3, 0.4) is 0 Å². The molecule has 0 unspecified atom stereocenters. The molecule has 24 heavy (non-hydrogen) atoms. The molecular formula is C17H19FN2O2S2. The Morgan fingerprint density at radius 1 is 1.33 bits per heavy atom. The van der Waals surface area contributed by atoms with Gasteiger partial charge in [0.1, 0.15) is 10.8 Å². The molecule has 0 fully saturated rings. The largest absolute Gasteiger partial charge is 0.465 e. The van der Waals surface area contributed by atoms with E-state index in [0.29, 0.717) is 21.8 Å². The number of methoxy groups -OCH3 is 1. The lowest BCUT2D eigenvalue weighted by atomic mass is 10.1. The molecule has 0 aliphatic rings. The number of rotatable bonds is 4. The molecule has 1 aromatic heterocycles. The number of esters is 1. The van der Waals surface area contributed by atoms with E-state index in [1.54, 1.807) is 19.1 Å². The lowest BCUT2D eigenvalue weighted by Crippen LogP contribution is -2.20. The smallest absolute Gasteiger partial charge is 0.341 e. The molecule has 2 aromatic rings. The van der Waals surface area contributed by atoms with Crippen LogP contribution in [0, 0.1) is 19.7 Å². The van der Waals surface area contributed by atoms with E-state index in [1.165, 1.54) is 24.5 Å². The molecule has 1 aromatic carbocycles. The third-order valence-electron chi connectivity index (χ3n) is 3.61. The number of ether oxygens (including phenoxy) is 1. The molecule has 2 N–H and O–H groups in total. The zero-order valence-corrected chi connectivity index (χ0v) is 15.6. The second kappa shape index (κ2) is 7.72. The fourth-order valence-electron chi connectivity index (χ4n) is 2.35. The summed E-state index contributed by atoms with van der Waals surface area (Å²) in [6.07, 6.45) is 0.720. The van der Waals surface area contributed by atoms with Gasteiger partial charge in [0.2, 0.25) is 0 Å². The first-order valence-electron chi connectivity index (χ1n) is 7.42. The standard InChI is InChI=1S/C17H19FN2O2S2/c1-5-12-10(3)24-15(14(12)16(21)22-4)20-17(23)19-11-7-6-9(2)13(18)8-11/h6-8H,5H2,1-4H3,(H2,19,20,23). The quantitative estimate of drug-likeness (QED) is 0.609. The van der Waals surface area contributed by atoms with Gasteiger partial charge in [-0.15, -0.1) is 11.3 Å². The van der Waals surface area contributed by atoms with Gasteiger partial charge >= 0.3 is 5.97 Å². The van der Waals surface area contributed by atoms with E-state index in [0.717, 1.165) is 16.9 Å². The average molecular weight is 366 g/mol. The van der Waals surface area contributed by atoms with Gasteiger partial charge in [0, 0.05) is 10.6 Å². The minimum atomic E-state index is -0.400. The first kappa shape index (κ1) is 18.4. The molecule has 0 bridgehead atoms. The molecule has 4 nitrogen and oxygen atoms in total. The molecule has 0 saturated carbocycles. The van der Waals surface area contributed by atoms with Crippen molar-refractivity contribution in [3.8, 4) is 0 Å². The second-order valence-corrected chi connectivity index (χ2v) is 6.86. The van der Waals surface area contributed by atoms with E-state index in [-0.39, 0.29) is 10.9 Å². The molecule has 0 radical (unpaired) electrons. The van der Waals surface area contributed by atoms with E-state index in [2.05, 4.69) is 10.6 Å². The van der Waals surface area contributed by atoms with E-state index < -0.39 is 5.97 Å². The molecule has 0 atom stereocenters. The number of aryl methyl sites for hydroxylation is 2. The molecule has 7 heteroatoms. The number of thiophene rings is 1. The summed E-state index contributed by atoms with van der Waals surface area (Å²) in [6.45, 7) is 5.63. The maximum absolute atomic E-state index is 13.6. The van der Waals surface area contributed by atoms with E-state index in [9.17, 15) is 9.18 Å². The minimum Gasteiger partial charge on any atom is -0.465 e. The summed E-state index contributed by atoms with van der Waals surface area (Å²) < 4.78 is 18.5. The third kappa shape index (κ3) is 3.91. The number of carbonyl (C=O) groups is 1. The van der Waals surface area contributed by atoms with Crippen LogP contribution in [0.2, 0.25) is 0 Å². The summed E-state index contributed by atoms with van der Waals surface area (Å²) in [5, 5.41) is 6.85. The lowest BCUT2D eigenvalue weighted by Gasteiger charge is -2.11. The fourth-order valence-corrected chi connectivity index (χ4v) is 3.77. The molecular weight excluding hydrogens is 347 g/mol. The van der Waals surface area contributed by atoms with Crippen LogP contribution in [0.15, 0.2) is 18.2 Å². The number of hydrogen-bond donors (Lipinski definition) is 2. The van der Waals surface area contributed by atoms with Gasteiger partial charge in [-0.05, 0) is 55.7 Å². The predicted octanol–water partition coefficient (Wildman–Crippen LogP) is 4.66. The molecule has 128 valence electrons. The van der Waals surface area contributed by atoms with Crippen molar-refractivity contribution in [3.05, 3.63) is 45.6 Å². The van der Waals surface area contributed by atoms with Crippen LogP contribution in [0.1, 0.15) is 33.3 Å². The van der Waals surface area contributed by atoms with Gasteiger partial charge in [0.05, 0.1) is 12.7 Å². The summed E-state index contributed by atoms with van der Waals surface area (Å²) in [4.78, 5) is 13.1. The van der Waals surface area contributed by atoms with Crippen molar-refractivity contribution in [1.82, 2.24) is 0 Å². The highest BCUT2D eigenvalue weighted by molar-refractivity contribution is 7.80. The van der Waals surface area contributed by atoms with Crippen LogP contribution >= 0.6 is 23.6 Å². The Morgan fingerprint density at radius 3 is 2.62 bits per heavy atom. The van der Waals surface area contributed by atoms with Gasteiger partial charge in [-0.25, -0.2) is 9.18 Å². The number of hydrogen-bond acceptors (Lipinski definition) is 4. The fraction of sp³-hybridized carbons (Fsp3) is 0.294. The minimum absolute atomic E-state index is 0.285. The zero-order valence-electron chi connectivity index (χ0n) is 14.0. The van der Waals surface area contributed by atoms with Crippen molar-refractivity contribution in [2.75, 3.05) is 17.7 Å². The monoisotopic (exact) mass is 366 g/mol. The van der Waals surface area contributed by atoms with Gasteiger partial charge in [-0.2, -0.15) is 0 Å². The Labute approximate surface area is 150 Å². The van der Waals surface area contributed by atoms with Crippen molar-refractivity contribution < 1.29 is 13.9 Å². The van der Waals surface area contributed by atoms with E-state index >= 15 is 0 Å². The zero-order chi connectivity index (χ0) is 17.9. The van der Waals surface area contributed by atoms with Crippen LogP contribution in [-0.2, 0) is 11.2 Å². The maximum Gasteiger partial charge on any atom is 0.341 e. The van der Waals surface area contributed by atoms with Crippen molar-refractivity contribution in [3.63, 3.8) is 0 Å². The highest BCUT2D eigenvalue weighted by Crippen LogP contribution is 2.34. The van der Waals surface area contributed by atoms with Crippen molar-refractivity contribution in [1.29, 1.82) is 0 Å². The predicted molar refractivity (Wildman–Crippen MR) is 101 cm³/mol. The number of thiocarbonyl (C=S) groups is 1. The van der Waals surface area contributed by atoms with Crippen LogP contribution in [-0.4, -0.2) is 18.2 Å². The lowest BCUT2D eigenvalue weighted by molar-refractivity contribution is 0.0601. The van der Waals surface area contributed by atoms with Crippen molar-refractivity contribution in [2.24, 2.45) is 0 Å². The first-order chi connectivity index (χ1) is 11.4. The Bertz CT molecular complexity index is 787. The van der Waals surface area contributed by atoms with Crippen LogP contribution < -0.4 is 10.6 Å². The van der Waals surface area contributed by atoms with E-state index in [1.807, 2.05) is 13.8 Å². The van der Waals surface area contributed by atoms with Crippen LogP contribution in [0.5, 0.6) is 0 Å². The highest BCUT2D eigenvalue weighted by Gasteiger charge is 2.22.